The van der Waals surface area contributed by atoms with Crippen molar-refractivity contribution in [3.05, 3.63) is 59.1 Å². The van der Waals surface area contributed by atoms with E-state index in [2.05, 4.69) is 5.32 Å². The van der Waals surface area contributed by atoms with E-state index in [1.807, 2.05) is 31.2 Å². The van der Waals surface area contributed by atoms with Gasteiger partial charge in [0.2, 0.25) is 5.91 Å². The topological polar surface area (TPSA) is 46.2 Å². The number of amides is 1. The molecule has 2 aromatic rings. The van der Waals surface area contributed by atoms with Crippen molar-refractivity contribution >= 4 is 40.7 Å². The molecule has 0 fully saturated rings. The minimum absolute atomic E-state index is 0.0626. The van der Waals surface area contributed by atoms with E-state index in [0.717, 1.165) is 10.6 Å². The van der Waals surface area contributed by atoms with Crippen molar-refractivity contribution in [2.24, 2.45) is 0 Å². The first-order chi connectivity index (χ1) is 10.5. The molecule has 1 atom stereocenters. The lowest BCUT2D eigenvalue weighted by Gasteiger charge is -2.11. The molecule has 1 N–H and O–H groups in total. The Labute approximate surface area is 139 Å². The number of benzene rings is 2. The monoisotopic (exact) mass is 333 g/mol. The number of ketones is 1. The van der Waals surface area contributed by atoms with E-state index < -0.39 is 0 Å². The first kappa shape index (κ1) is 16.6. The van der Waals surface area contributed by atoms with Gasteiger partial charge in [0, 0.05) is 28.1 Å². The molecule has 0 heterocycles. The Hall–Kier alpha value is -1.78. The van der Waals surface area contributed by atoms with Gasteiger partial charge in [-0.25, -0.2) is 0 Å². The fraction of sp³-hybridized carbons (Fsp3) is 0.176. The fourth-order valence-corrected chi connectivity index (χ4v) is 3.00. The van der Waals surface area contributed by atoms with E-state index in [1.165, 1.54) is 18.7 Å². The van der Waals surface area contributed by atoms with E-state index >= 15 is 0 Å². The standard InChI is InChI=1S/C17H16ClNO2S/c1-11(17(21)13-3-5-14(18)6-4-13)22-16-9-7-15(8-10-16)19-12(2)20/h3-11H,1-2H3,(H,19,20)/t11-/m1/s1. The zero-order valence-corrected chi connectivity index (χ0v) is 13.9. The van der Waals surface area contributed by atoms with E-state index in [0.29, 0.717) is 10.6 Å². The average Bonchev–Trinajstić information content (AvgIpc) is 2.49. The SMILES string of the molecule is CC(=O)Nc1ccc(S[C@H](C)C(=O)c2ccc(Cl)cc2)cc1. The molecule has 0 saturated carbocycles. The molecule has 22 heavy (non-hydrogen) atoms. The molecule has 0 aliphatic heterocycles. The molecule has 5 heteroatoms. The van der Waals surface area contributed by atoms with Gasteiger partial charge in [-0.05, 0) is 55.5 Å². The highest BCUT2D eigenvalue weighted by molar-refractivity contribution is 8.00. The highest BCUT2D eigenvalue weighted by Gasteiger charge is 2.16. The first-order valence-electron chi connectivity index (χ1n) is 6.80. The zero-order chi connectivity index (χ0) is 16.1. The molecular weight excluding hydrogens is 318 g/mol. The summed E-state index contributed by atoms with van der Waals surface area (Å²) < 4.78 is 0. The third kappa shape index (κ3) is 4.61. The van der Waals surface area contributed by atoms with E-state index in [-0.39, 0.29) is 16.9 Å². The highest BCUT2D eigenvalue weighted by Crippen LogP contribution is 2.27. The Morgan fingerprint density at radius 2 is 1.64 bits per heavy atom. The molecule has 2 aromatic carbocycles. The number of hydrogen-bond acceptors (Lipinski definition) is 3. The third-order valence-electron chi connectivity index (χ3n) is 2.99. The molecule has 0 saturated heterocycles. The number of anilines is 1. The minimum Gasteiger partial charge on any atom is -0.326 e. The molecule has 0 unspecified atom stereocenters. The van der Waals surface area contributed by atoms with Gasteiger partial charge in [-0.1, -0.05) is 11.6 Å². The predicted octanol–water partition coefficient (Wildman–Crippen LogP) is 4.66. The van der Waals surface area contributed by atoms with Gasteiger partial charge in [-0.3, -0.25) is 9.59 Å². The Kier molecular flexibility index (Phi) is 5.63. The second kappa shape index (κ2) is 7.47. The maximum atomic E-state index is 12.4. The molecule has 0 spiro atoms. The summed E-state index contributed by atoms with van der Waals surface area (Å²) in [5.41, 5.74) is 1.40. The largest absolute Gasteiger partial charge is 0.326 e. The summed E-state index contributed by atoms with van der Waals surface area (Å²) in [6.45, 7) is 3.35. The molecule has 0 bridgehead atoms. The van der Waals surface area contributed by atoms with Crippen LogP contribution in [0.5, 0.6) is 0 Å². The summed E-state index contributed by atoms with van der Waals surface area (Å²) in [5.74, 6) is -0.0423. The summed E-state index contributed by atoms with van der Waals surface area (Å²) in [7, 11) is 0. The van der Waals surface area contributed by atoms with Crippen LogP contribution in [0, 0.1) is 0 Å². The second-order valence-corrected chi connectivity index (χ2v) is 6.69. The van der Waals surface area contributed by atoms with Gasteiger partial charge in [-0.2, -0.15) is 0 Å². The predicted molar refractivity (Wildman–Crippen MR) is 91.8 cm³/mol. The number of halogens is 1. The molecule has 0 aliphatic carbocycles. The van der Waals surface area contributed by atoms with Gasteiger partial charge in [0.25, 0.3) is 0 Å². The van der Waals surface area contributed by atoms with Crippen molar-refractivity contribution < 1.29 is 9.59 Å². The summed E-state index contributed by atoms with van der Waals surface area (Å²) in [6, 6.07) is 14.3. The van der Waals surface area contributed by atoms with Crippen LogP contribution in [0.15, 0.2) is 53.4 Å². The second-order valence-electron chi connectivity index (χ2n) is 4.84. The van der Waals surface area contributed by atoms with Crippen molar-refractivity contribution in [3.63, 3.8) is 0 Å². The molecule has 0 aliphatic rings. The number of Topliss-reactive ketones (excluding diaryl/α,β-unsaturated/α-hetero) is 1. The van der Waals surface area contributed by atoms with Crippen LogP contribution in [0.2, 0.25) is 5.02 Å². The normalized spacial score (nSPS) is 11.8. The van der Waals surface area contributed by atoms with Crippen molar-refractivity contribution in [1.82, 2.24) is 0 Å². The molecular formula is C17H16ClNO2S. The van der Waals surface area contributed by atoms with Crippen LogP contribution in [-0.4, -0.2) is 16.9 Å². The number of hydrogen-bond donors (Lipinski definition) is 1. The molecule has 1 amide bonds. The van der Waals surface area contributed by atoms with Gasteiger partial charge in [-0.15, -0.1) is 11.8 Å². The van der Waals surface area contributed by atoms with Gasteiger partial charge in [0.05, 0.1) is 5.25 Å². The fourth-order valence-electron chi connectivity index (χ4n) is 1.93. The van der Waals surface area contributed by atoms with Crippen LogP contribution in [0.1, 0.15) is 24.2 Å². The highest BCUT2D eigenvalue weighted by atomic mass is 35.5. The summed E-state index contributed by atoms with van der Waals surface area (Å²) in [6.07, 6.45) is 0. The lowest BCUT2D eigenvalue weighted by atomic mass is 10.1. The van der Waals surface area contributed by atoms with Crippen LogP contribution in [0.4, 0.5) is 5.69 Å². The Balaban J connectivity index is 2.01. The molecule has 3 nitrogen and oxygen atoms in total. The number of nitrogens with one attached hydrogen (secondary N) is 1. The number of carbonyl (C=O) groups is 2. The third-order valence-corrected chi connectivity index (χ3v) is 4.35. The average molecular weight is 334 g/mol. The molecule has 2 rings (SSSR count). The summed E-state index contributed by atoms with van der Waals surface area (Å²) >= 11 is 7.31. The molecule has 0 aromatic heterocycles. The first-order valence-corrected chi connectivity index (χ1v) is 8.05. The lowest BCUT2D eigenvalue weighted by molar-refractivity contribution is -0.114. The van der Waals surface area contributed by atoms with Crippen molar-refractivity contribution in [3.8, 4) is 0 Å². The van der Waals surface area contributed by atoms with E-state index in [9.17, 15) is 9.59 Å². The van der Waals surface area contributed by atoms with Crippen molar-refractivity contribution in [2.45, 2.75) is 24.0 Å². The van der Waals surface area contributed by atoms with Crippen LogP contribution in [-0.2, 0) is 4.79 Å². The number of rotatable bonds is 5. The van der Waals surface area contributed by atoms with Crippen molar-refractivity contribution in [1.29, 1.82) is 0 Å². The van der Waals surface area contributed by atoms with E-state index in [4.69, 9.17) is 11.6 Å². The molecule has 0 radical (unpaired) electrons. The molecule has 114 valence electrons. The number of thioether (sulfide) groups is 1. The van der Waals surface area contributed by atoms with Gasteiger partial charge >= 0.3 is 0 Å². The summed E-state index contributed by atoms with van der Waals surface area (Å²) in [5, 5.41) is 3.13. The number of carbonyl (C=O) groups excluding carboxylic acids is 2. The quantitative estimate of drug-likeness (QED) is 0.639. The van der Waals surface area contributed by atoms with Crippen LogP contribution in [0.3, 0.4) is 0 Å². The van der Waals surface area contributed by atoms with Crippen LogP contribution in [0.25, 0.3) is 0 Å². The lowest BCUT2D eigenvalue weighted by Crippen LogP contribution is -2.13. The van der Waals surface area contributed by atoms with Crippen LogP contribution < -0.4 is 5.32 Å². The Morgan fingerprint density at radius 3 is 2.18 bits per heavy atom. The summed E-state index contributed by atoms with van der Waals surface area (Å²) in [4.78, 5) is 24.3. The van der Waals surface area contributed by atoms with Crippen LogP contribution >= 0.6 is 23.4 Å². The van der Waals surface area contributed by atoms with E-state index in [1.54, 1.807) is 24.3 Å². The maximum absolute atomic E-state index is 12.4. The zero-order valence-electron chi connectivity index (χ0n) is 12.3. The van der Waals surface area contributed by atoms with Gasteiger partial charge in [0.1, 0.15) is 0 Å². The minimum atomic E-state index is -0.201. The Bertz CT molecular complexity index is 668. The smallest absolute Gasteiger partial charge is 0.221 e. The Morgan fingerprint density at radius 1 is 1.05 bits per heavy atom. The van der Waals surface area contributed by atoms with Crippen molar-refractivity contribution in [2.75, 3.05) is 5.32 Å². The maximum Gasteiger partial charge on any atom is 0.221 e. The van der Waals surface area contributed by atoms with Gasteiger partial charge in [0.15, 0.2) is 5.78 Å². The van der Waals surface area contributed by atoms with Gasteiger partial charge < -0.3 is 5.32 Å².